The predicted molar refractivity (Wildman–Crippen MR) is 105 cm³/mol. The van der Waals surface area contributed by atoms with Crippen molar-refractivity contribution in [3.8, 4) is 12.1 Å². The Bertz CT molecular complexity index is 914. The first-order valence-corrected chi connectivity index (χ1v) is 9.68. The molecule has 0 fully saturated rings. The Labute approximate surface area is 158 Å². The van der Waals surface area contributed by atoms with E-state index in [1.807, 2.05) is 19.1 Å². The number of benzene rings is 1. The number of azo groups is 1. The fourth-order valence-electron chi connectivity index (χ4n) is 3.28. The minimum Gasteiger partial charge on any atom is -0.371 e. The van der Waals surface area contributed by atoms with Gasteiger partial charge in [-0.05, 0) is 62.4 Å². The van der Waals surface area contributed by atoms with E-state index in [1.165, 1.54) is 10.4 Å². The van der Waals surface area contributed by atoms with Crippen LogP contribution < -0.4 is 4.90 Å². The molecule has 2 aromatic rings. The summed E-state index contributed by atoms with van der Waals surface area (Å²) in [7, 11) is 0. The van der Waals surface area contributed by atoms with Gasteiger partial charge >= 0.3 is 0 Å². The molecule has 0 amide bonds. The van der Waals surface area contributed by atoms with Crippen LogP contribution in [0.1, 0.15) is 41.3 Å². The molecular formula is C20H21N5S. The molecule has 0 unspecified atom stereocenters. The molecule has 26 heavy (non-hydrogen) atoms. The molecule has 0 aliphatic heterocycles. The van der Waals surface area contributed by atoms with Gasteiger partial charge in [0.25, 0.3) is 0 Å². The fraction of sp³-hybridized carbons (Fsp3) is 0.400. The van der Waals surface area contributed by atoms with Gasteiger partial charge in [0.1, 0.15) is 6.07 Å². The molecule has 6 heteroatoms. The molecule has 0 atom stereocenters. The Morgan fingerprint density at radius 1 is 1.23 bits per heavy atom. The largest absolute Gasteiger partial charge is 0.371 e. The lowest BCUT2D eigenvalue weighted by molar-refractivity contribution is 0.826. The van der Waals surface area contributed by atoms with Crippen LogP contribution in [0.4, 0.5) is 16.4 Å². The van der Waals surface area contributed by atoms with Gasteiger partial charge in [0.2, 0.25) is 0 Å². The van der Waals surface area contributed by atoms with Crippen LogP contribution in [0.2, 0.25) is 0 Å². The molecule has 1 aromatic heterocycles. The summed E-state index contributed by atoms with van der Waals surface area (Å²) in [6.45, 7) is 5.67. The van der Waals surface area contributed by atoms with Crippen LogP contribution in [0.25, 0.3) is 0 Å². The Kier molecular flexibility index (Phi) is 5.65. The fourth-order valence-corrected chi connectivity index (χ4v) is 4.44. The highest BCUT2D eigenvalue weighted by molar-refractivity contribution is 7.16. The molecule has 0 radical (unpaired) electrons. The highest BCUT2D eigenvalue weighted by atomic mass is 32.1. The van der Waals surface area contributed by atoms with Crippen molar-refractivity contribution < 1.29 is 0 Å². The van der Waals surface area contributed by atoms with Gasteiger partial charge in [-0.3, -0.25) is 0 Å². The van der Waals surface area contributed by atoms with Crippen molar-refractivity contribution in [1.82, 2.24) is 0 Å². The van der Waals surface area contributed by atoms with Gasteiger partial charge in [-0.1, -0.05) is 0 Å². The molecule has 3 rings (SSSR count). The number of rotatable bonds is 6. The molecule has 0 spiro atoms. The van der Waals surface area contributed by atoms with Gasteiger partial charge in [-0.25, -0.2) is 0 Å². The molecule has 0 saturated heterocycles. The van der Waals surface area contributed by atoms with Gasteiger partial charge < -0.3 is 4.90 Å². The monoisotopic (exact) mass is 363 g/mol. The summed E-state index contributed by atoms with van der Waals surface area (Å²) in [5.41, 5.74) is 4.81. The molecule has 1 heterocycles. The second kappa shape index (κ2) is 8.12. The third kappa shape index (κ3) is 3.61. The molecule has 0 N–H and O–H groups in total. The smallest absolute Gasteiger partial charge is 0.157 e. The second-order valence-corrected chi connectivity index (χ2v) is 7.39. The first-order valence-electron chi connectivity index (χ1n) is 8.86. The van der Waals surface area contributed by atoms with Crippen molar-refractivity contribution in [3.05, 3.63) is 39.8 Å². The number of nitriles is 2. The SMILES string of the molecule is CCN(CCC#N)c1ccc(N=Nc2sc3c(c2C#N)CCC3)c(C)c1. The summed E-state index contributed by atoms with van der Waals surface area (Å²) in [5.74, 6) is 0. The first-order chi connectivity index (χ1) is 12.7. The third-order valence-electron chi connectivity index (χ3n) is 4.68. The summed E-state index contributed by atoms with van der Waals surface area (Å²) in [6, 6.07) is 10.5. The van der Waals surface area contributed by atoms with Crippen molar-refractivity contribution in [2.45, 2.75) is 39.5 Å². The number of anilines is 1. The van der Waals surface area contributed by atoms with Gasteiger partial charge in [0, 0.05) is 23.7 Å². The highest BCUT2D eigenvalue weighted by Crippen LogP contribution is 2.41. The highest BCUT2D eigenvalue weighted by Gasteiger charge is 2.22. The van der Waals surface area contributed by atoms with Crippen LogP contribution in [0, 0.1) is 29.6 Å². The number of nitrogens with zero attached hydrogens (tertiary/aromatic N) is 5. The van der Waals surface area contributed by atoms with E-state index in [1.54, 1.807) is 11.3 Å². The van der Waals surface area contributed by atoms with Crippen LogP contribution in [-0.4, -0.2) is 13.1 Å². The van der Waals surface area contributed by atoms with E-state index in [0.29, 0.717) is 12.0 Å². The van der Waals surface area contributed by atoms with Crippen LogP contribution in [0.5, 0.6) is 0 Å². The normalized spacial score (nSPS) is 12.8. The topological polar surface area (TPSA) is 75.5 Å². The number of fused-ring (bicyclic) bond motifs is 1. The Balaban J connectivity index is 1.82. The molecular weight excluding hydrogens is 342 g/mol. The lowest BCUT2D eigenvalue weighted by Crippen LogP contribution is -2.23. The van der Waals surface area contributed by atoms with Crippen molar-refractivity contribution in [2.75, 3.05) is 18.0 Å². The van der Waals surface area contributed by atoms with E-state index in [-0.39, 0.29) is 0 Å². The molecule has 132 valence electrons. The van der Waals surface area contributed by atoms with E-state index >= 15 is 0 Å². The van der Waals surface area contributed by atoms with E-state index in [9.17, 15) is 5.26 Å². The van der Waals surface area contributed by atoms with Gasteiger partial charge in [0.15, 0.2) is 5.00 Å². The van der Waals surface area contributed by atoms with Crippen molar-refractivity contribution in [2.24, 2.45) is 10.2 Å². The number of hydrogen-bond donors (Lipinski definition) is 0. The predicted octanol–water partition coefficient (Wildman–Crippen LogP) is 5.57. The molecule has 1 aliphatic rings. The standard InChI is InChI=1S/C20H21N5S/c1-3-25(11-5-10-21)15-8-9-18(14(2)12-15)23-24-20-17(13-22)16-6-4-7-19(16)26-20/h8-9,12H,3-7,11H2,1-2H3. The molecule has 0 bridgehead atoms. The van der Waals surface area contributed by atoms with E-state index in [4.69, 9.17) is 5.26 Å². The van der Waals surface area contributed by atoms with Crippen LogP contribution in [0.3, 0.4) is 0 Å². The maximum atomic E-state index is 9.45. The van der Waals surface area contributed by atoms with Crippen molar-refractivity contribution in [1.29, 1.82) is 10.5 Å². The zero-order valence-electron chi connectivity index (χ0n) is 15.1. The molecule has 0 saturated carbocycles. The Morgan fingerprint density at radius 2 is 2.08 bits per heavy atom. The Morgan fingerprint density at radius 3 is 2.77 bits per heavy atom. The summed E-state index contributed by atoms with van der Waals surface area (Å²) in [6.07, 6.45) is 3.67. The second-order valence-electron chi connectivity index (χ2n) is 6.31. The van der Waals surface area contributed by atoms with E-state index in [2.05, 4.69) is 40.3 Å². The minimum atomic E-state index is 0.508. The van der Waals surface area contributed by atoms with Crippen molar-refractivity contribution >= 4 is 27.7 Å². The average Bonchev–Trinajstić information content (AvgIpc) is 3.22. The molecule has 1 aromatic carbocycles. The van der Waals surface area contributed by atoms with Crippen LogP contribution in [-0.2, 0) is 12.8 Å². The van der Waals surface area contributed by atoms with Gasteiger partial charge in [0.05, 0.1) is 23.7 Å². The van der Waals surface area contributed by atoms with E-state index in [0.717, 1.165) is 54.3 Å². The first kappa shape index (κ1) is 18.1. The summed E-state index contributed by atoms with van der Waals surface area (Å²) >= 11 is 1.60. The maximum absolute atomic E-state index is 9.45. The number of thiophene rings is 1. The zero-order valence-corrected chi connectivity index (χ0v) is 15.9. The third-order valence-corrected chi connectivity index (χ3v) is 5.86. The average molecular weight is 363 g/mol. The summed E-state index contributed by atoms with van der Waals surface area (Å²) in [4.78, 5) is 3.47. The van der Waals surface area contributed by atoms with Gasteiger partial charge in [-0.15, -0.1) is 21.6 Å². The summed E-state index contributed by atoms with van der Waals surface area (Å²) < 4.78 is 0. The van der Waals surface area contributed by atoms with Crippen LogP contribution in [0.15, 0.2) is 28.4 Å². The quantitative estimate of drug-likeness (QED) is 0.629. The maximum Gasteiger partial charge on any atom is 0.157 e. The van der Waals surface area contributed by atoms with Crippen molar-refractivity contribution in [3.63, 3.8) is 0 Å². The zero-order chi connectivity index (χ0) is 18.5. The van der Waals surface area contributed by atoms with Gasteiger partial charge in [-0.2, -0.15) is 10.5 Å². The number of aryl methyl sites for hydroxylation is 2. The lowest BCUT2D eigenvalue weighted by atomic mass is 10.1. The molecule has 1 aliphatic carbocycles. The minimum absolute atomic E-state index is 0.508. The summed E-state index contributed by atoms with van der Waals surface area (Å²) in [5, 5.41) is 27.7. The Hall–Kier alpha value is -2.70. The van der Waals surface area contributed by atoms with E-state index < -0.39 is 0 Å². The molecule has 5 nitrogen and oxygen atoms in total. The lowest BCUT2D eigenvalue weighted by Gasteiger charge is -2.22. The number of hydrogen-bond acceptors (Lipinski definition) is 6. The van der Waals surface area contributed by atoms with Crippen LogP contribution >= 0.6 is 11.3 Å².